The van der Waals surface area contributed by atoms with Gasteiger partial charge in [0.15, 0.2) is 11.5 Å². The van der Waals surface area contributed by atoms with E-state index in [0.717, 1.165) is 37.8 Å². The van der Waals surface area contributed by atoms with Crippen molar-refractivity contribution in [1.82, 2.24) is 24.8 Å². The van der Waals surface area contributed by atoms with Crippen LogP contribution < -0.4 is 19.7 Å². The molecule has 1 aromatic carbocycles. The van der Waals surface area contributed by atoms with Crippen molar-refractivity contribution in [2.75, 3.05) is 32.2 Å². The van der Waals surface area contributed by atoms with Gasteiger partial charge in [0.1, 0.15) is 23.3 Å². The summed E-state index contributed by atoms with van der Waals surface area (Å²) in [6, 6.07) is 7.18. The Labute approximate surface area is 204 Å². The summed E-state index contributed by atoms with van der Waals surface area (Å²) < 4.78 is 12.4. The molecule has 34 heavy (non-hydrogen) atoms. The van der Waals surface area contributed by atoms with Crippen LogP contribution in [-0.2, 0) is 11.2 Å². The quantitative estimate of drug-likeness (QED) is 0.489. The molecule has 1 unspecified atom stereocenters. The molecule has 0 saturated carbocycles. The molecule has 2 aromatic heterocycles. The number of nitrogens with zero attached hydrogens (tertiary/aromatic N) is 5. The Morgan fingerprint density at radius 1 is 1.15 bits per heavy atom. The monoisotopic (exact) mass is 484 g/mol. The maximum Gasteiger partial charge on any atom is 0.242 e. The molecule has 0 bridgehead atoms. The van der Waals surface area contributed by atoms with E-state index >= 15 is 0 Å². The van der Waals surface area contributed by atoms with E-state index in [4.69, 9.17) is 21.1 Å². The van der Waals surface area contributed by atoms with Crippen LogP contribution in [0.1, 0.15) is 31.2 Å². The van der Waals surface area contributed by atoms with Gasteiger partial charge < -0.3 is 19.7 Å². The third kappa shape index (κ3) is 5.59. The van der Waals surface area contributed by atoms with Crippen LogP contribution in [0.3, 0.4) is 0 Å². The number of amides is 1. The lowest BCUT2D eigenvalue weighted by Gasteiger charge is -2.30. The van der Waals surface area contributed by atoms with Crippen LogP contribution in [0.15, 0.2) is 43.0 Å². The normalized spacial score (nSPS) is 16.1. The standard InChI is InChI=1S/C24H29ClN6O3/c1-33-19-8-7-17(14-20(19)34-2)9-10-27-23(32)18-6-4-3-5-12-31(18)22-15-21(25)28-24(29-22)30-13-11-26-16-30/h7-8,11,13-16,18H,3-6,9-10,12H2,1-2H3,(H,27,32). The summed E-state index contributed by atoms with van der Waals surface area (Å²) in [6.07, 6.45) is 9.51. The van der Waals surface area contributed by atoms with Crippen molar-refractivity contribution < 1.29 is 14.3 Å². The Bertz CT molecular complexity index is 1110. The molecule has 1 aliphatic heterocycles. The molecular weight excluding hydrogens is 456 g/mol. The molecule has 1 aliphatic rings. The minimum absolute atomic E-state index is 0.0127. The molecule has 1 fully saturated rings. The topological polar surface area (TPSA) is 94.4 Å². The maximum atomic E-state index is 13.3. The Balaban J connectivity index is 1.47. The number of aromatic nitrogens is 4. The highest BCUT2D eigenvalue weighted by Gasteiger charge is 2.29. The van der Waals surface area contributed by atoms with Crippen LogP contribution >= 0.6 is 11.6 Å². The van der Waals surface area contributed by atoms with Gasteiger partial charge in [-0.25, -0.2) is 9.97 Å². The summed E-state index contributed by atoms with van der Waals surface area (Å²) in [5.74, 6) is 2.42. The first kappa shape index (κ1) is 23.8. The molecule has 3 heterocycles. The fourth-order valence-corrected chi connectivity index (χ4v) is 4.35. The molecule has 9 nitrogen and oxygen atoms in total. The van der Waals surface area contributed by atoms with Gasteiger partial charge in [-0.15, -0.1) is 0 Å². The molecular formula is C24H29ClN6O3. The number of nitrogens with one attached hydrogen (secondary N) is 1. The highest BCUT2D eigenvalue weighted by atomic mass is 35.5. The molecule has 0 aliphatic carbocycles. The van der Waals surface area contributed by atoms with Gasteiger partial charge in [0, 0.05) is 31.5 Å². The van der Waals surface area contributed by atoms with Crippen LogP contribution in [0, 0.1) is 0 Å². The molecule has 4 rings (SSSR count). The molecule has 180 valence electrons. The van der Waals surface area contributed by atoms with E-state index in [0.29, 0.717) is 41.4 Å². The zero-order valence-electron chi connectivity index (χ0n) is 19.4. The lowest BCUT2D eigenvalue weighted by molar-refractivity contribution is -0.122. The van der Waals surface area contributed by atoms with E-state index in [9.17, 15) is 4.79 Å². The third-order valence-corrected chi connectivity index (χ3v) is 6.11. The fourth-order valence-electron chi connectivity index (χ4n) is 4.17. The minimum atomic E-state index is -0.325. The second-order valence-corrected chi connectivity index (χ2v) is 8.49. The second kappa shape index (κ2) is 11.2. The van der Waals surface area contributed by atoms with E-state index in [1.54, 1.807) is 43.6 Å². The summed E-state index contributed by atoms with van der Waals surface area (Å²) in [4.78, 5) is 28.4. The summed E-state index contributed by atoms with van der Waals surface area (Å²) in [6.45, 7) is 1.24. The van der Waals surface area contributed by atoms with Crippen molar-refractivity contribution >= 4 is 23.3 Å². The van der Waals surface area contributed by atoms with E-state index in [2.05, 4.69) is 20.3 Å². The van der Waals surface area contributed by atoms with Crippen molar-refractivity contribution in [1.29, 1.82) is 0 Å². The predicted molar refractivity (Wildman–Crippen MR) is 130 cm³/mol. The van der Waals surface area contributed by atoms with Crippen LogP contribution in [0.4, 0.5) is 5.82 Å². The van der Waals surface area contributed by atoms with Gasteiger partial charge in [-0.2, -0.15) is 4.98 Å². The Morgan fingerprint density at radius 3 is 2.76 bits per heavy atom. The van der Waals surface area contributed by atoms with Crippen LogP contribution in [0.25, 0.3) is 5.95 Å². The van der Waals surface area contributed by atoms with Crippen LogP contribution in [0.5, 0.6) is 11.5 Å². The zero-order valence-corrected chi connectivity index (χ0v) is 20.2. The van der Waals surface area contributed by atoms with E-state index in [1.807, 2.05) is 23.1 Å². The van der Waals surface area contributed by atoms with E-state index < -0.39 is 0 Å². The van der Waals surface area contributed by atoms with Gasteiger partial charge in [-0.05, 0) is 37.0 Å². The summed E-state index contributed by atoms with van der Waals surface area (Å²) in [5.41, 5.74) is 1.06. The SMILES string of the molecule is COc1ccc(CCNC(=O)C2CCCCCN2c2cc(Cl)nc(-n3ccnc3)n2)cc1OC. The van der Waals surface area contributed by atoms with Gasteiger partial charge in [-0.1, -0.05) is 30.5 Å². The first-order valence-electron chi connectivity index (χ1n) is 11.4. The Hall–Kier alpha value is -3.33. The van der Waals surface area contributed by atoms with Crippen molar-refractivity contribution in [3.63, 3.8) is 0 Å². The number of halogens is 1. The number of ether oxygens (including phenoxy) is 2. The number of hydrogen-bond acceptors (Lipinski definition) is 7. The van der Waals surface area contributed by atoms with Gasteiger partial charge in [0.2, 0.25) is 11.9 Å². The van der Waals surface area contributed by atoms with Gasteiger partial charge in [-0.3, -0.25) is 9.36 Å². The summed E-state index contributed by atoms with van der Waals surface area (Å²) in [5, 5.41) is 3.43. The van der Waals surface area contributed by atoms with Gasteiger partial charge in [0.25, 0.3) is 0 Å². The Kier molecular flexibility index (Phi) is 7.84. The average molecular weight is 485 g/mol. The van der Waals surface area contributed by atoms with Crippen molar-refractivity contribution in [3.8, 4) is 17.4 Å². The predicted octanol–water partition coefficient (Wildman–Crippen LogP) is 3.44. The number of rotatable bonds is 8. The molecule has 0 spiro atoms. The van der Waals surface area contributed by atoms with E-state index in [1.165, 1.54) is 0 Å². The fraction of sp³-hybridized carbons (Fsp3) is 0.417. The number of carbonyl (C=O) groups is 1. The van der Waals surface area contributed by atoms with Crippen LogP contribution in [0.2, 0.25) is 5.15 Å². The molecule has 0 radical (unpaired) electrons. The third-order valence-electron chi connectivity index (χ3n) is 5.92. The summed E-state index contributed by atoms with van der Waals surface area (Å²) in [7, 11) is 3.22. The number of imidazole rings is 1. The maximum absolute atomic E-state index is 13.3. The van der Waals surface area contributed by atoms with Crippen molar-refractivity contribution in [2.45, 2.75) is 38.1 Å². The first-order chi connectivity index (χ1) is 16.6. The largest absolute Gasteiger partial charge is 0.493 e. The average Bonchev–Trinajstić information content (AvgIpc) is 3.28. The second-order valence-electron chi connectivity index (χ2n) is 8.11. The van der Waals surface area contributed by atoms with Crippen molar-refractivity contribution in [2.24, 2.45) is 0 Å². The molecule has 1 saturated heterocycles. The first-order valence-corrected chi connectivity index (χ1v) is 11.7. The van der Waals surface area contributed by atoms with Gasteiger partial charge in [0.05, 0.1) is 14.2 Å². The number of carbonyl (C=O) groups excluding carboxylic acids is 1. The van der Waals surface area contributed by atoms with E-state index in [-0.39, 0.29) is 11.9 Å². The number of benzene rings is 1. The lowest BCUT2D eigenvalue weighted by atomic mass is 10.1. The molecule has 1 atom stereocenters. The molecule has 3 aromatic rings. The zero-order chi connectivity index (χ0) is 23.9. The Morgan fingerprint density at radius 2 is 2.00 bits per heavy atom. The highest BCUT2D eigenvalue weighted by Crippen LogP contribution is 2.28. The lowest BCUT2D eigenvalue weighted by Crippen LogP contribution is -2.47. The van der Waals surface area contributed by atoms with Crippen LogP contribution in [-0.4, -0.2) is 58.8 Å². The number of anilines is 1. The molecule has 10 heteroatoms. The number of hydrogen-bond donors (Lipinski definition) is 1. The summed E-state index contributed by atoms with van der Waals surface area (Å²) >= 11 is 6.32. The minimum Gasteiger partial charge on any atom is -0.493 e. The molecule has 1 amide bonds. The molecule has 1 N–H and O–H groups in total. The highest BCUT2D eigenvalue weighted by molar-refractivity contribution is 6.29. The van der Waals surface area contributed by atoms with Gasteiger partial charge >= 0.3 is 0 Å². The number of methoxy groups -OCH3 is 2. The smallest absolute Gasteiger partial charge is 0.242 e. The van der Waals surface area contributed by atoms with Crippen molar-refractivity contribution in [3.05, 3.63) is 53.7 Å².